The maximum Gasteiger partial charge on any atom is 0.418 e. The van der Waals surface area contributed by atoms with Gasteiger partial charge in [-0.25, -0.2) is 9.67 Å². The van der Waals surface area contributed by atoms with Gasteiger partial charge in [-0.2, -0.15) is 36.4 Å². The molecule has 0 saturated heterocycles. The molecule has 2 heterocycles. The molecule has 0 aliphatic heterocycles. The molecule has 0 amide bonds. The molecule has 32 heavy (non-hydrogen) atoms. The van der Waals surface area contributed by atoms with Crippen molar-refractivity contribution in [3.8, 4) is 17.2 Å². The van der Waals surface area contributed by atoms with E-state index in [1.807, 2.05) is 0 Å². The number of nitrogens with zero attached hydrogens (tertiary/aromatic N) is 5. The van der Waals surface area contributed by atoms with E-state index < -0.39 is 62.7 Å². The number of aliphatic hydroxyl groups excluding tert-OH is 1. The highest BCUT2D eigenvalue weighted by atomic mass is 35.5. The number of aliphatic imine (C=N–C) groups is 1. The quantitative estimate of drug-likeness (QED) is 0.293. The van der Waals surface area contributed by atoms with Crippen LogP contribution in [0, 0.1) is 0 Å². The highest BCUT2D eigenvalue weighted by Gasteiger charge is 2.45. The third-order valence-corrected chi connectivity index (χ3v) is 4.47. The highest BCUT2D eigenvalue weighted by molar-refractivity contribution is 6.38. The topological polar surface area (TPSA) is 98.6 Å². The van der Waals surface area contributed by atoms with Crippen LogP contribution in [-0.4, -0.2) is 44.7 Å². The minimum atomic E-state index is -5.20. The Bertz CT molecular complexity index is 1120. The summed E-state index contributed by atoms with van der Waals surface area (Å²) >= 11 is 11.9. The van der Waals surface area contributed by atoms with E-state index in [2.05, 4.69) is 29.5 Å². The van der Waals surface area contributed by atoms with Crippen molar-refractivity contribution >= 4 is 35.4 Å². The van der Waals surface area contributed by atoms with Crippen molar-refractivity contribution < 1.29 is 40.7 Å². The first kappa shape index (κ1) is 23.8. The minimum Gasteiger partial charge on any atom is -0.486 e. The molecule has 8 nitrogen and oxygen atoms in total. The molecule has 0 spiro atoms. The molecule has 0 aliphatic rings. The number of benzene rings is 1. The SMILES string of the molecule is COC=Nc1c(C(O)C(F)(F)F)c(-c2ncon2)nn1-c1c(Cl)cc(C(F)(F)F)cc1Cl. The zero-order valence-corrected chi connectivity index (χ0v) is 16.9. The van der Waals surface area contributed by atoms with Gasteiger partial charge < -0.3 is 14.4 Å². The lowest BCUT2D eigenvalue weighted by atomic mass is 10.1. The molecule has 1 atom stereocenters. The van der Waals surface area contributed by atoms with Gasteiger partial charge in [0.05, 0.1) is 28.3 Å². The number of alkyl halides is 6. The van der Waals surface area contributed by atoms with Crippen LogP contribution in [0.1, 0.15) is 17.2 Å². The number of methoxy groups -OCH3 is 1. The molecule has 1 aromatic carbocycles. The van der Waals surface area contributed by atoms with Gasteiger partial charge in [0.25, 0.3) is 0 Å². The van der Waals surface area contributed by atoms with Crippen LogP contribution in [-0.2, 0) is 10.9 Å². The first-order valence-electron chi connectivity index (χ1n) is 8.12. The Balaban J connectivity index is 2.38. The van der Waals surface area contributed by atoms with Crippen LogP contribution in [0.15, 0.2) is 28.0 Å². The zero-order valence-electron chi connectivity index (χ0n) is 15.4. The second-order valence-electron chi connectivity index (χ2n) is 5.95. The van der Waals surface area contributed by atoms with Crippen LogP contribution in [0.4, 0.5) is 32.2 Å². The zero-order chi connectivity index (χ0) is 23.8. The lowest BCUT2D eigenvalue weighted by Crippen LogP contribution is -2.20. The van der Waals surface area contributed by atoms with E-state index >= 15 is 0 Å². The Morgan fingerprint density at radius 3 is 2.28 bits per heavy atom. The molecule has 0 fully saturated rings. The standard InChI is InChI=1S/C16H9Cl2F6N5O3/c1-31-4-26-14-9(12(30)16(22,23)24)10(13-25-5-32-28-13)27-29(14)11-7(17)2-6(3-8(11)18)15(19,20)21/h2-5,12,30H,1H3. The van der Waals surface area contributed by atoms with E-state index in [0.29, 0.717) is 23.2 Å². The minimum absolute atomic E-state index is 0.449. The maximum atomic E-state index is 13.4. The average molecular weight is 504 g/mol. The van der Waals surface area contributed by atoms with Gasteiger partial charge in [-0.15, -0.1) is 0 Å². The summed E-state index contributed by atoms with van der Waals surface area (Å²) in [5.74, 6) is -1.19. The number of halogens is 8. The largest absolute Gasteiger partial charge is 0.486 e. The summed E-state index contributed by atoms with van der Waals surface area (Å²) < 4.78 is 89.1. The summed E-state index contributed by atoms with van der Waals surface area (Å²) in [7, 11) is 1.13. The van der Waals surface area contributed by atoms with E-state index in [0.717, 1.165) is 13.5 Å². The van der Waals surface area contributed by atoms with Crippen molar-refractivity contribution in [1.82, 2.24) is 19.9 Å². The number of ether oxygens (including phenoxy) is 1. The van der Waals surface area contributed by atoms with Crippen LogP contribution in [0.25, 0.3) is 17.2 Å². The lowest BCUT2D eigenvalue weighted by Gasteiger charge is -2.16. The normalized spacial score (nSPS) is 13.7. The predicted molar refractivity (Wildman–Crippen MR) is 98.1 cm³/mol. The molecule has 3 aromatic rings. The Kier molecular flexibility index (Phi) is 6.40. The number of aromatic nitrogens is 4. The van der Waals surface area contributed by atoms with E-state index in [-0.39, 0.29) is 0 Å². The van der Waals surface area contributed by atoms with E-state index in [9.17, 15) is 31.4 Å². The average Bonchev–Trinajstić information content (AvgIpc) is 3.31. The second kappa shape index (κ2) is 8.60. The highest BCUT2D eigenvalue weighted by Crippen LogP contribution is 2.45. The molecule has 2 aromatic heterocycles. The van der Waals surface area contributed by atoms with E-state index in [4.69, 9.17) is 23.2 Å². The summed E-state index contributed by atoms with van der Waals surface area (Å²) in [6.45, 7) is 0. The van der Waals surface area contributed by atoms with Gasteiger partial charge in [0.2, 0.25) is 12.2 Å². The molecule has 172 valence electrons. The molecule has 0 radical (unpaired) electrons. The summed E-state index contributed by atoms with van der Waals surface area (Å²) in [5.41, 5.74) is -3.24. The van der Waals surface area contributed by atoms with Crippen molar-refractivity contribution in [3.63, 3.8) is 0 Å². The molecule has 0 saturated carbocycles. The molecular weight excluding hydrogens is 495 g/mol. The molecule has 1 N–H and O–H groups in total. The molecule has 1 unspecified atom stereocenters. The van der Waals surface area contributed by atoms with Crippen molar-refractivity contribution in [2.75, 3.05) is 7.11 Å². The van der Waals surface area contributed by atoms with Gasteiger partial charge >= 0.3 is 12.4 Å². The second-order valence-corrected chi connectivity index (χ2v) is 6.77. The van der Waals surface area contributed by atoms with E-state index in [1.54, 1.807) is 0 Å². The monoisotopic (exact) mass is 503 g/mol. The van der Waals surface area contributed by atoms with Crippen molar-refractivity contribution in [2.24, 2.45) is 4.99 Å². The van der Waals surface area contributed by atoms with Crippen molar-refractivity contribution in [2.45, 2.75) is 18.5 Å². The molecule has 16 heteroatoms. The van der Waals surface area contributed by atoms with Gasteiger partial charge in [0.1, 0.15) is 11.4 Å². The van der Waals surface area contributed by atoms with Crippen LogP contribution in [0.5, 0.6) is 0 Å². The van der Waals surface area contributed by atoms with Gasteiger partial charge in [-0.05, 0) is 12.1 Å². The van der Waals surface area contributed by atoms with Crippen LogP contribution in [0.2, 0.25) is 10.0 Å². The smallest absolute Gasteiger partial charge is 0.418 e. The number of hydrogen-bond acceptors (Lipinski definition) is 7. The fraction of sp³-hybridized carbons (Fsp3) is 0.250. The van der Waals surface area contributed by atoms with Crippen molar-refractivity contribution in [3.05, 3.63) is 39.7 Å². The third-order valence-electron chi connectivity index (χ3n) is 3.89. The number of aliphatic hydroxyl groups is 1. The summed E-state index contributed by atoms with van der Waals surface area (Å²) in [6.07, 6.45) is -11.7. The number of hydrogen-bond donors (Lipinski definition) is 1. The van der Waals surface area contributed by atoms with Crippen LogP contribution >= 0.6 is 23.2 Å². The maximum absolute atomic E-state index is 13.4. The summed E-state index contributed by atoms with van der Waals surface area (Å²) in [6, 6.07) is 1.00. The van der Waals surface area contributed by atoms with Gasteiger partial charge in [-0.1, -0.05) is 28.4 Å². The third kappa shape index (κ3) is 4.52. The Morgan fingerprint density at radius 2 is 1.81 bits per heavy atom. The summed E-state index contributed by atoms with van der Waals surface area (Å²) in [5, 5.41) is 16.0. The first-order chi connectivity index (χ1) is 14.9. The Hall–Kier alpha value is -2.84. The molecule has 0 bridgehead atoms. The molecular formula is C16H9Cl2F6N5O3. The Labute approximate surface area is 184 Å². The Morgan fingerprint density at radius 1 is 1.19 bits per heavy atom. The van der Waals surface area contributed by atoms with Crippen LogP contribution in [0.3, 0.4) is 0 Å². The molecule has 3 rings (SSSR count). The van der Waals surface area contributed by atoms with Gasteiger partial charge in [-0.3, -0.25) is 0 Å². The molecule has 0 aliphatic carbocycles. The predicted octanol–water partition coefficient (Wildman–Crippen LogP) is 5.15. The lowest BCUT2D eigenvalue weighted by molar-refractivity contribution is -0.206. The fourth-order valence-corrected chi connectivity index (χ4v) is 3.24. The van der Waals surface area contributed by atoms with E-state index in [1.165, 1.54) is 0 Å². The van der Waals surface area contributed by atoms with Gasteiger partial charge in [0.15, 0.2) is 18.3 Å². The van der Waals surface area contributed by atoms with Gasteiger partial charge in [0, 0.05) is 0 Å². The van der Waals surface area contributed by atoms with Crippen molar-refractivity contribution in [1.29, 1.82) is 0 Å². The fourth-order valence-electron chi connectivity index (χ4n) is 2.59. The van der Waals surface area contributed by atoms with Crippen LogP contribution < -0.4 is 0 Å². The summed E-state index contributed by atoms with van der Waals surface area (Å²) in [4.78, 5) is 7.29. The first-order valence-corrected chi connectivity index (χ1v) is 8.88. The number of rotatable bonds is 5.